The lowest BCUT2D eigenvalue weighted by molar-refractivity contribution is 0.0915. The average Bonchev–Trinajstić information content (AvgIpc) is 2.87. The van der Waals surface area contributed by atoms with E-state index in [-0.39, 0.29) is 11.9 Å². The van der Waals surface area contributed by atoms with Crippen LogP contribution in [0, 0.1) is 0 Å². The first-order valence-corrected chi connectivity index (χ1v) is 6.94. The Balaban J connectivity index is 1.89. The lowest BCUT2D eigenvalue weighted by atomic mass is 10.2. The molecule has 1 N–H and O–H groups in total. The van der Waals surface area contributed by atoms with Crippen LogP contribution in [0.1, 0.15) is 29.6 Å². The van der Waals surface area contributed by atoms with E-state index < -0.39 is 0 Å². The molecule has 0 aliphatic heterocycles. The molecule has 1 heterocycles. The highest BCUT2D eigenvalue weighted by Crippen LogP contribution is 2.23. The number of hydrogen-bond donors (Lipinski definition) is 1. The summed E-state index contributed by atoms with van der Waals surface area (Å²) in [5.74, 6) is 0.0173. The van der Waals surface area contributed by atoms with E-state index in [0.29, 0.717) is 6.10 Å². The molecule has 3 nitrogen and oxygen atoms in total. The maximum atomic E-state index is 11.8. The minimum atomic E-state index is 0.0173. The van der Waals surface area contributed by atoms with E-state index in [4.69, 9.17) is 4.74 Å². The summed E-state index contributed by atoms with van der Waals surface area (Å²) >= 11 is 4.88. The molecule has 1 aromatic heterocycles. The number of carbonyl (C=O) groups is 1. The Hall–Kier alpha value is -0.390. The SMILES string of the molecule is COC1CCC(NC(=O)c2csc(Br)c2)C1. The fourth-order valence-electron chi connectivity index (χ4n) is 1.98. The van der Waals surface area contributed by atoms with E-state index in [1.165, 1.54) is 11.3 Å². The van der Waals surface area contributed by atoms with Crippen molar-refractivity contribution >= 4 is 33.2 Å². The van der Waals surface area contributed by atoms with Crippen LogP contribution in [0.25, 0.3) is 0 Å². The molecule has 16 heavy (non-hydrogen) atoms. The monoisotopic (exact) mass is 303 g/mol. The van der Waals surface area contributed by atoms with Crippen molar-refractivity contribution < 1.29 is 9.53 Å². The summed E-state index contributed by atoms with van der Waals surface area (Å²) in [7, 11) is 1.73. The lowest BCUT2D eigenvalue weighted by Gasteiger charge is -2.12. The lowest BCUT2D eigenvalue weighted by Crippen LogP contribution is -2.33. The number of thiophene rings is 1. The molecule has 0 aromatic carbocycles. The van der Waals surface area contributed by atoms with Gasteiger partial charge in [-0.3, -0.25) is 4.79 Å². The van der Waals surface area contributed by atoms with Gasteiger partial charge in [-0.15, -0.1) is 11.3 Å². The normalized spacial score (nSPS) is 24.6. The summed E-state index contributed by atoms with van der Waals surface area (Å²) in [4.78, 5) is 11.8. The van der Waals surface area contributed by atoms with E-state index in [1.807, 2.05) is 11.4 Å². The fraction of sp³-hybridized carbons (Fsp3) is 0.545. The highest BCUT2D eigenvalue weighted by Gasteiger charge is 2.25. The number of nitrogens with one attached hydrogen (secondary N) is 1. The summed E-state index contributed by atoms with van der Waals surface area (Å²) in [5, 5.41) is 4.90. The predicted molar refractivity (Wildman–Crippen MR) is 67.9 cm³/mol. The Morgan fingerprint density at radius 3 is 3.00 bits per heavy atom. The quantitative estimate of drug-likeness (QED) is 0.932. The maximum Gasteiger partial charge on any atom is 0.252 e. The van der Waals surface area contributed by atoms with Crippen molar-refractivity contribution in [1.82, 2.24) is 5.32 Å². The minimum absolute atomic E-state index is 0.0173. The summed E-state index contributed by atoms with van der Waals surface area (Å²) in [5.41, 5.74) is 0.734. The van der Waals surface area contributed by atoms with Gasteiger partial charge in [0.05, 0.1) is 15.5 Å². The number of hydrogen-bond acceptors (Lipinski definition) is 3. The van der Waals surface area contributed by atoms with E-state index >= 15 is 0 Å². The van der Waals surface area contributed by atoms with E-state index in [0.717, 1.165) is 28.6 Å². The van der Waals surface area contributed by atoms with Crippen LogP contribution in [0.4, 0.5) is 0 Å². The molecular formula is C11H14BrNO2S. The van der Waals surface area contributed by atoms with Gasteiger partial charge >= 0.3 is 0 Å². The van der Waals surface area contributed by atoms with Crippen LogP contribution in [0.5, 0.6) is 0 Å². The van der Waals surface area contributed by atoms with Gasteiger partial charge in [-0.1, -0.05) is 0 Å². The van der Waals surface area contributed by atoms with Gasteiger partial charge in [0.15, 0.2) is 0 Å². The summed E-state index contributed by atoms with van der Waals surface area (Å²) in [6, 6.07) is 2.11. The van der Waals surface area contributed by atoms with Gasteiger partial charge in [-0.25, -0.2) is 0 Å². The molecular weight excluding hydrogens is 290 g/mol. The molecule has 0 bridgehead atoms. The van der Waals surface area contributed by atoms with Crippen LogP contribution < -0.4 is 5.32 Å². The van der Waals surface area contributed by atoms with Crippen molar-refractivity contribution in [3.05, 3.63) is 20.8 Å². The number of rotatable bonds is 3. The summed E-state index contributed by atoms with van der Waals surface area (Å²) < 4.78 is 6.26. The smallest absolute Gasteiger partial charge is 0.252 e. The van der Waals surface area contributed by atoms with Crippen molar-refractivity contribution in [3.63, 3.8) is 0 Å². The molecule has 0 spiro atoms. The Morgan fingerprint density at radius 1 is 1.62 bits per heavy atom. The number of halogens is 1. The van der Waals surface area contributed by atoms with E-state index in [1.54, 1.807) is 7.11 Å². The second kappa shape index (κ2) is 5.29. The molecule has 1 amide bonds. The topological polar surface area (TPSA) is 38.3 Å². The highest BCUT2D eigenvalue weighted by atomic mass is 79.9. The summed E-state index contributed by atoms with van der Waals surface area (Å²) in [6.07, 6.45) is 3.28. The van der Waals surface area contributed by atoms with Gasteiger partial charge in [0, 0.05) is 18.5 Å². The molecule has 1 aliphatic rings. The van der Waals surface area contributed by atoms with Gasteiger partial charge in [0.25, 0.3) is 5.91 Å². The average molecular weight is 304 g/mol. The van der Waals surface area contributed by atoms with Crippen LogP contribution in [-0.4, -0.2) is 25.2 Å². The molecule has 1 aliphatic carbocycles. The van der Waals surface area contributed by atoms with Crippen LogP contribution in [-0.2, 0) is 4.74 Å². The number of methoxy groups -OCH3 is 1. The zero-order chi connectivity index (χ0) is 11.5. The van der Waals surface area contributed by atoms with Crippen LogP contribution in [0.2, 0.25) is 0 Å². The highest BCUT2D eigenvalue weighted by molar-refractivity contribution is 9.11. The zero-order valence-electron chi connectivity index (χ0n) is 9.03. The molecule has 2 atom stereocenters. The van der Waals surface area contributed by atoms with Gasteiger partial charge in [-0.05, 0) is 41.3 Å². The molecule has 1 aromatic rings. The van der Waals surface area contributed by atoms with E-state index in [9.17, 15) is 4.79 Å². The zero-order valence-corrected chi connectivity index (χ0v) is 11.4. The Bertz CT molecular complexity index is 380. The van der Waals surface area contributed by atoms with Crippen molar-refractivity contribution in [1.29, 1.82) is 0 Å². The third kappa shape index (κ3) is 2.84. The van der Waals surface area contributed by atoms with Crippen molar-refractivity contribution in [2.24, 2.45) is 0 Å². The van der Waals surface area contributed by atoms with Gasteiger partial charge in [-0.2, -0.15) is 0 Å². The van der Waals surface area contributed by atoms with Gasteiger partial charge in [0.2, 0.25) is 0 Å². The van der Waals surface area contributed by atoms with Crippen LogP contribution in [0.15, 0.2) is 15.2 Å². The second-order valence-corrected chi connectivity index (χ2v) is 6.27. The molecule has 88 valence electrons. The first-order chi connectivity index (χ1) is 7.69. The molecule has 2 rings (SSSR count). The van der Waals surface area contributed by atoms with E-state index in [2.05, 4.69) is 21.2 Å². The number of amides is 1. The second-order valence-electron chi connectivity index (χ2n) is 3.98. The third-order valence-electron chi connectivity index (χ3n) is 2.88. The molecule has 2 unspecified atom stereocenters. The fourth-order valence-corrected chi connectivity index (χ4v) is 3.12. The predicted octanol–water partition coefficient (Wildman–Crippen LogP) is 2.81. The van der Waals surface area contributed by atoms with Crippen molar-refractivity contribution in [3.8, 4) is 0 Å². The Morgan fingerprint density at radius 2 is 2.44 bits per heavy atom. The Labute approximate surface area is 107 Å². The van der Waals surface area contributed by atoms with Crippen molar-refractivity contribution in [2.75, 3.05) is 7.11 Å². The minimum Gasteiger partial charge on any atom is -0.381 e. The molecule has 1 saturated carbocycles. The first-order valence-electron chi connectivity index (χ1n) is 5.26. The van der Waals surface area contributed by atoms with Crippen molar-refractivity contribution in [2.45, 2.75) is 31.4 Å². The van der Waals surface area contributed by atoms with Gasteiger partial charge < -0.3 is 10.1 Å². The molecule has 5 heteroatoms. The standard InChI is InChI=1S/C11H14BrNO2S/c1-15-9-3-2-8(5-9)13-11(14)7-4-10(12)16-6-7/h4,6,8-9H,2-3,5H2,1H3,(H,13,14). The summed E-state index contributed by atoms with van der Waals surface area (Å²) in [6.45, 7) is 0. The van der Waals surface area contributed by atoms with Crippen LogP contribution in [0.3, 0.4) is 0 Å². The van der Waals surface area contributed by atoms with Crippen LogP contribution >= 0.6 is 27.3 Å². The Kier molecular flexibility index (Phi) is 4.00. The number of carbonyl (C=O) groups excluding carboxylic acids is 1. The third-order valence-corrected chi connectivity index (χ3v) is 4.39. The molecule has 1 fully saturated rings. The molecule has 0 radical (unpaired) electrons. The number of ether oxygens (including phenoxy) is 1. The molecule has 0 saturated heterocycles. The first kappa shape index (κ1) is 12.1. The largest absolute Gasteiger partial charge is 0.381 e. The van der Waals surface area contributed by atoms with Gasteiger partial charge in [0.1, 0.15) is 0 Å². The maximum absolute atomic E-state index is 11.8.